The van der Waals surface area contributed by atoms with Gasteiger partial charge < -0.3 is 21.0 Å². The monoisotopic (exact) mass is 511 g/mol. The van der Waals surface area contributed by atoms with E-state index in [1.807, 2.05) is 44.2 Å². The van der Waals surface area contributed by atoms with Crippen molar-refractivity contribution >= 4 is 27.6 Å². The number of rotatable bonds is 14. The summed E-state index contributed by atoms with van der Waals surface area (Å²) < 4.78 is 27.5. The molecule has 0 aromatic heterocycles. The van der Waals surface area contributed by atoms with Crippen LogP contribution in [-0.4, -0.2) is 43.7 Å². The molecule has 0 aliphatic heterocycles. The van der Waals surface area contributed by atoms with Gasteiger partial charge in [-0.05, 0) is 61.4 Å². The molecule has 2 aromatic rings. The molecular weight excluding hydrogens is 477 g/mol. The van der Waals surface area contributed by atoms with Crippen LogP contribution in [0, 0.1) is 5.92 Å². The van der Waals surface area contributed by atoms with Gasteiger partial charge in [-0.15, -0.1) is 0 Å². The third-order valence-electron chi connectivity index (χ3n) is 5.36. The summed E-state index contributed by atoms with van der Waals surface area (Å²) in [6.45, 7) is 4.08. The number of aliphatic carboxylic acids is 1. The van der Waals surface area contributed by atoms with E-state index in [4.69, 9.17) is 5.73 Å². The molecule has 3 N–H and O–H groups in total. The van der Waals surface area contributed by atoms with Gasteiger partial charge in [-0.3, -0.25) is 4.79 Å². The number of aryl methyl sites for hydroxylation is 1. The van der Waals surface area contributed by atoms with Crippen molar-refractivity contribution in [3.05, 3.63) is 60.2 Å². The molecule has 2 rings (SSSR count). The molecule has 35 heavy (non-hydrogen) atoms. The van der Waals surface area contributed by atoms with E-state index in [1.54, 1.807) is 0 Å². The zero-order chi connectivity index (χ0) is 25.1. The number of amides is 1. The van der Waals surface area contributed by atoms with Crippen molar-refractivity contribution in [3.63, 3.8) is 0 Å². The number of hydrogen-bond donors (Lipinski definition) is 2. The summed E-state index contributed by atoms with van der Waals surface area (Å²) >= 11 is 0. The number of nitrogen functional groups attached to an aromatic ring is 1. The Balaban J connectivity index is 0.00000612. The Kier molecular flexibility index (Phi) is 13.6. The quantitative estimate of drug-likeness (QED) is 0.189. The van der Waals surface area contributed by atoms with Gasteiger partial charge in [0.2, 0.25) is 15.9 Å². The summed E-state index contributed by atoms with van der Waals surface area (Å²) in [6, 6.07) is 14.1. The van der Waals surface area contributed by atoms with Crippen molar-refractivity contribution in [3.8, 4) is 0 Å². The van der Waals surface area contributed by atoms with Gasteiger partial charge in [0.15, 0.2) is 0 Å². The summed E-state index contributed by atoms with van der Waals surface area (Å²) in [5.41, 5.74) is 7.16. The van der Waals surface area contributed by atoms with Crippen LogP contribution in [0.1, 0.15) is 45.1 Å². The average Bonchev–Trinajstić information content (AvgIpc) is 2.79. The van der Waals surface area contributed by atoms with Crippen molar-refractivity contribution in [2.75, 3.05) is 18.8 Å². The van der Waals surface area contributed by atoms with Gasteiger partial charge in [-0.25, -0.2) is 8.42 Å². The Hall–Kier alpha value is -1.91. The van der Waals surface area contributed by atoms with Crippen LogP contribution in [0.25, 0.3) is 0 Å². The number of carbonyl (C=O) groups excluding carboxylic acids is 2. The Morgan fingerprint density at radius 3 is 2.23 bits per heavy atom. The SMILES string of the molecule is CC(C)CN([C@@H](CCCCNC(=O)CCc1ccccc1)C(=O)[O-])S(=O)(=O)c1ccc(N)cc1.[Na+]. The number of carbonyl (C=O) groups is 2. The average molecular weight is 512 g/mol. The first-order chi connectivity index (χ1) is 16.1. The number of hydrogen-bond acceptors (Lipinski definition) is 6. The predicted molar refractivity (Wildman–Crippen MR) is 130 cm³/mol. The zero-order valence-corrected chi connectivity index (χ0v) is 23.6. The minimum Gasteiger partial charge on any atom is -0.548 e. The second-order valence-corrected chi connectivity index (χ2v) is 10.6. The number of nitrogens with two attached hydrogens (primary N) is 1. The number of nitrogens with one attached hydrogen (secondary N) is 1. The molecule has 2 aromatic carbocycles. The third kappa shape index (κ3) is 10.3. The van der Waals surface area contributed by atoms with E-state index in [0.717, 1.165) is 9.87 Å². The van der Waals surface area contributed by atoms with Gasteiger partial charge in [0.25, 0.3) is 0 Å². The van der Waals surface area contributed by atoms with Crippen molar-refractivity contribution in [1.82, 2.24) is 9.62 Å². The molecule has 0 saturated heterocycles. The van der Waals surface area contributed by atoms with Crippen LogP contribution in [0.15, 0.2) is 59.5 Å². The molecule has 8 nitrogen and oxygen atoms in total. The van der Waals surface area contributed by atoms with Crippen LogP contribution in [-0.2, 0) is 26.0 Å². The fourth-order valence-electron chi connectivity index (χ4n) is 3.59. The second-order valence-electron chi connectivity index (χ2n) is 8.70. The van der Waals surface area contributed by atoms with E-state index in [9.17, 15) is 23.1 Å². The third-order valence-corrected chi connectivity index (χ3v) is 7.25. The van der Waals surface area contributed by atoms with Crippen LogP contribution in [0.4, 0.5) is 5.69 Å². The molecule has 0 spiro atoms. The van der Waals surface area contributed by atoms with Gasteiger partial charge in [0.1, 0.15) is 0 Å². The summed E-state index contributed by atoms with van der Waals surface area (Å²) in [5.74, 6) is -1.60. The van der Waals surface area contributed by atoms with Crippen LogP contribution in [0.5, 0.6) is 0 Å². The Bertz CT molecular complexity index is 1030. The van der Waals surface area contributed by atoms with Crippen LogP contribution in [0.2, 0.25) is 0 Å². The topological polar surface area (TPSA) is 133 Å². The zero-order valence-electron chi connectivity index (χ0n) is 20.8. The van der Waals surface area contributed by atoms with Crippen LogP contribution in [0.3, 0.4) is 0 Å². The number of nitrogens with zero attached hydrogens (tertiary/aromatic N) is 1. The van der Waals surface area contributed by atoms with E-state index in [2.05, 4.69) is 5.32 Å². The maximum Gasteiger partial charge on any atom is 1.00 e. The Morgan fingerprint density at radius 1 is 1.03 bits per heavy atom. The molecule has 0 radical (unpaired) electrons. The smallest absolute Gasteiger partial charge is 0.548 e. The Labute approximate surface area is 230 Å². The van der Waals surface area contributed by atoms with Crippen LogP contribution >= 0.6 is 0 Å². The molecule has 10 heteroatoms. The normalized spacial score (nSPS) is 12.2. The van der Waals surface area contributed by atoms with Crippen molar-refractivity contribution in [1.29, 1.82) is 0 Å². The van der Waals surface area contributed by atoms with Crippen molar-refractivity contribution in [2.24, 2.45) is 5.92 Å². The number of anilines is 1. The minimum absolute atomic E-state index is 0. The fraction of sp³-hybridized carbons (Fsp3) is 0.440. The summed E-state index contributed by atoms with van der Waals surface area (Å²) in [5, 5.41) is 14.8. The Morgan fingerprint density at radius 2 is 1.66 bits per heavy atom. The summed E-state index contributed by atoms with van der Waals surface area (Å²) in [7, 11) is -4.06. The van der Waals surface area contributed by atoms with Crippen molar-refractivity contribution < 1.29 is 52.7 Å². The number of unbranched alkanes of at least 4 members (excludes halogenated alkanes) is 1. The number of sulfonamides is 1. The largest absolute Gasteiger partial charge is 1.00 e. The van der Waals surface area contributed by atoms with Gasteiger partial charge in [-0.1, -0.05) is 44.2 Å². The first-order valence-corrected chi connectivity index (χ1v) is 12.9. The fourth-order valence-corrected chi connectivity index (χ4v) is 5.36. The summed E-state index contributed by atoms with van der Waals surface area (Å²) in [4.78, 5) is 24.0. The predicted octanol–water partition coefficient (Wildman–Crippen LogP) is -1.04. The molecule has 0 unspecified atom stereocenters. The molecule has 1 amide bonds. The molecular formula is C25H34N3NaO5S. The number of carboxylic acids is 1. The van der Waals surface area contributed by atoms with Gasteiger partial charge in [0, 0.05) is 25.2 Å². The number of benzene rings is 2. The minimum atomic E-state index is -4.06. The van der Waals surface area contributed by atoms with Crippen molar-refractivity contribution in [2.45, 2.75) is 56.9 Å². The van der Waals surface area contributed by atoms with E-state index in [-0.39, 0.29) is 59.2 Å². The first-order valence-electron chi connectivity index (χ1n) is 11.5. The standard InChI is InChI=1S/C25H35N3O5S.Na/c1-19(2)18-28(34(32,33)22-14-12-21(26)13-15-22)23(25(30)31)10-6-7-17-27-24(29)16-11-20-8-4-3-5-9-20;/h3-5,8-9,12-15,19,23H,6-7,10-11,16-18,26H2,1-2H3,(H,27,29)(H,30,31);/q;+1/p-1/t23-;/m0./s1. The van der Waals surface area contributed by atoms with Crippen LogP contribution < -0.4 is 45.7 Å². The van der Waals surface area contributed by atoms with E-state index in [0.29, 0.717) is 37.9 Å². The van der Waals surface area contributed by atoms with E-state index in [1.165, 1.54) is 24.3 Å². The second kappa shape index (κ2) is 15.3. The molecule has 0 aliphatic carbocycles. The van der Waals surface area contributed by atoms with Gasteiger partial charge >= 0.3 is 29.6 Å². The summed E-state index contributed by atoms with van der Waals surface area (Å²) in [6.07, 6.45) is 2.05. The van der Waals surface area contributed by atoms with E-state index < -0.39 is 22.0 Å². The van der Waals surface area contributed by atoms with E-state index >= 15 is 0 Å². The molecule has 0 aliphatic rings. The molecule has 1 atom stereocenters. The maximum absolute atomic E-state index is 13.2. The van der Waals surface area contributed by atoms with Gasteiger partial charge in [0.05, 0.1) is 16.9 Å². The molecule has 186 valence electrons. The number of carboxylic acid groups (broad SMARTS) is 1. The molecule has 0 heterocycles. The molecule has 0 saturated carbocycles. The molecule has 0 fully saturated rings. The first kappa shape index (κ1) is 31.1. The molecule has 0 bridgehead atoms. The maximum atomic E-state index is 13.2. The van der Waals surface area contributed by atoms with Gasteiger partial charge in [-0.2, -0.15) is 4.31 Å².